The molecule has 0 spiro atoms. The third-order valence-electron chi connectivity index (χ3n) is 2.84. The summed E-state index contributed by atoms with van der Waals surface area (Å²) in [6, 6.07) is 9.79. The predicted molar refractivity (Wildman–Crippen MR) is 72.4 cm³/mol. The summed E-state index contributed by atoms with van der Waals surface area (Å²) in [6.07, 6.45) is -0.0645. The number of hydrogen-bond acceptors (Lipinski definition) is 4. The molecule has 0 saturated carbocycles. The van der Waals surface area contributed by atoms with E-state index in [2.05, 4.69) is 10.1 Å². The monoisotopic (exact) mass is 273 g/mol. The van der Waals surface area contributed by atoms with Crippen molar-refractivity contribution < 1.29 is 9.90 Å². The Morgan fingerprint density at radius 2 is 2.11 bits per heavy atom. The molecular formula is C13H11N3O2S. The van der Waals surface area contributed by atoms with E-state index in [9.17, 15) is 4.79 Å². The first-order chi connectivity index (χ1) is 9.15. The summed E-state index contributed by atoms with van der Waals surface area (Å²) >= 11 is 1.46. The molecule has 96 valence electrons. The molecular weight excluding hydrogens is 262 g/mol. The zero-order valence-corrected chi connectivity index (χ0v) is 11.0. The summed E-state index contributed by atoms with van der Waals surface area (Å²) in [6.45, 7) is 1.81. The summed E-state index contributed by atoms with van der Waals surface area (Å²) in [5.41, 5.74) is 2.37. The summed E-state index contributed by atoms with van der Waals surface area (Å²) in [5.74, 6) is -0.876. The number of hydrogen-bond donors (Lipinski definition) is 1. The highest BCUT2D eigenvalue weighted by atomic mass is 32.1. The summed E-state index contributed by atoms with van der Waals surface area (Å²) in [7, 11) is 0. The van der Waals surface area contributed by atoms with Gasteiger partial charge in [-0.3, -0.25) is 4.79 Å². The van der Waals surface area contributed by atoms with Gasteiger partial charge < -0.3 is 5.11 Å². The van der Waals surface area contributed by atoms with Gasteiger partial charge in [-0.1, -0.05) is 41.7 Å². The highest BCUT2D eigenvalue weighted by molar-refractivity contribution is 7.19. The number of aliphatic carboxylic acids is 1. The second-order valence-electron chi connectivity index (χ2n) is 4.18. The van der Waals surface area contributed by atoms with Crippen LogP contribution in [-0.4, -0.2) is 25.7 Å². The SMILES string of the molecule is Cc1nc2sc(-c3ccccc3)nn2c1CC(=O)O. The molecule has 0 unspecified atom stereocenters. The van der Waals surface area contributed by atoms with Crippen molar-refractivity contribution in [2.45, 2.75) is 13.3 Å². The van der Waals surface area contributed by atoms with E-state index in [1.165, 1.54) is 11.3 Å². The van der Waals surface area contributed by atoms with Crippen molar-refractivity contribution in [3.63, 3.8) is 0 Å². The molecule has 0 bridgehead atoms. The molecule has 5 nitrogen and oxygen atoms in total. The summed E-state index contributed by atoms with van der Waals surface area (Å²) in [5, 5.41) is 14.2. The van der Waals surface area contributed by atoms with Gasteiger partial charge in [0, 0.05) is 5.56 Å². The highest BCUT2D eigenvalue weighted by Crippen LogP contribution is 2.26. The molecule has 0 aliphatic carbocycles. The first-order valence-corrected chi connectivity index (χ1v) is 6.59. The lowest BCUT2D eigenvalue weighted by Gasteiger charge is -1.96. The Balaban J connectivity index is 2.12. The Kier molecular flexibility index (Phi) is 2.79. The van der Waals surface area contributed by atoms with Crippen molar-refractivity contribution in [1.29, 1.82) is 0 Å². The van der Waals surface area contributed by atoms with Gasteiger partial charge in [-0.15, -0.1) is 0 Å². The van der Waals surface area contributed by atoms with Crippen molar-refractivity contribution in [2.75, 3.05) is 0 Å². The molecule has 2 heterocycles. The Morgan fingerprint density at radius 3 is 2.79 bits per heavy atom. The van der Waals surface area contributed by atoms with E-state index in [4.69, 9.17) is 5.11 Å². The number of carboxylic acid groups (broad SMARTS) is 1. The molecule has 6 heteroatoms. The third-order valence-corrected chi connectivity index (χ3v) is 3.79. The van der Waals surface area contributed by atoms with Crippen LogP contribution in [0.25, 0.3) is 15.5 Å². The van der Waals surface area contributed by atoms with E-state index in [1.54, 1.807) is 4.52 Å². The molecule has 0 amide bonds. The van der Waals surface area contributed by atoms with E-state index in [1.807, 2.05) is 37.3 Å². The van der Waals surface area contributed by atoms with Crippen LogP contribution in [0.3, 0.4) is 0 Å². The predicted octanol–water partition coefficient (Wildman–Crippen LogP) is 2.39. The standard InChI is InChI=1S/C13H11N3O2S/c1-8-10(7-11(17)18)16-13(14-8)19-12(15-16)9-5-3-2-4-6-9/h2-6H,7H2,1H3,(H,17,18). The molecule has 0 atom stereocenters. The smallest absolute Gasteiger partial charge is 0.309 e. The van der Waals surface area contributed by atoms with Crippen LogP contribution in [0.2, 0.25) is 0 Å². The average Bonchev–Trinajstić information content (AvgIpc) is 2.90. The largest absolute Gasteiger partial charge is 0.481 e. The van der Waals surface area contributed by atoms with Gasteiger partial charge in [-0.25, -0.2) is 9.50 Å². The molecule has 3 rings (SSSR count). The maximum atomic E-state index is 10.9. The average molecular weight is 273 g/mol. The number of imidazole rings is 1. The van der Waals surface area contributed by atoms with E-state index in [-0.39, 0.29) is 6.42 Å². The van der Waals surface area contributed by atoms with Gasteiger partial charge in [0.15, 0.2) is 0 Å². The number of fused-ring (bicyclic) bond motifs is 1. The van der Waals surface area contributed by atoms with Gasteiger partial charge in [0.1, 0.15) is 5.01 Å². The van der Waals surface area contributed by atoms with Crippen LogP contribution >= 0.6 is 11.3 Å². The van der Waals surface area contributed by atoms with Crippen molar-refractivity contribution in [3.05, 3.63) is 41.7 Å². The van der Waals surface area contributed by atoms with Gasteiger partial charge in [-0.2, -0.15) is 5.10 Å². The second kappa shape index (κ2) is 4.47. The van der Waals surface area contributed by atoms with Gasteiger partial charge in [-0.05, 0) is 6.92 Å². The van der Waals surface area contributed by atoms with Crippen LogP contribution in [0.1, 0.15) is 11.4 Å². The number of aryl methyl sites for hydroxylation is 1. The van der Waals surface area contributed by atoms with Crippen LogP contribution in [0.4, 0.5) is 0 Å². The lowest BCUT2D eigenvalue weighted by atomic mass is 10.2. The number of rotatable bonds is 3. The van der Waals surface area contributed by atoms with Crippen LogP contribution in [0, 0.1) is 6.92 Å². The minimum Gasteiger partial charge on any atom is -0.481 e. The van der Waals surface area contributed by atoms with E-state index >= 15 is 0 Å². The van der Waals surface area contributed by atoms with Gasteiger partial charge >= 0.3 is 5.97 Å². The van der Waals surface area contributed by atoms with Crippen molar-refractivity contribution in [1.82, 2.24) is 14.6 Å². The molecule has 1 aromatic carbocycles. The van der Waals surface area contributed by atoms with Crippen LogP contribution in [0.15, 0.2) is 30.3 Å². The van der Waals surface area contributed by atoms with E-state index in [0.717, 1.165) is 21.2 Å². The zero-order valence-electron chi connectivity index (χ0n) is 10.2. The fraction of sp³-hybridized carbons (Fsp3) is 0.154. The van der Waals surface area contributed by atoms with Crippen LogP contribution < -0.4 is 0 Å². The number of aromatic nitrogens is 3. The Morgan fingerprint density at radius 1 is 1.37 bits per heavy atom. The van der Waals surface area contributed by atoms with Crippen molar-refractivity contribution in [2.24, 2.45) is 0 Å². The zero-order chi connectivity index (χ0) is 13.4. The van der Waals surface area contributed by atoms with Crippen molar-refractivity contribution in [3.8, 4) is 10.6 Å². The number of carboxylic acids is 1. The molecule has 0 aliphatic heterocycles. The number of nitrogens with zero attached hydrogens (tertiary/aromatic N) is 3. The molecule has 0 radical (unpaired) electrons. The fourth-order valence-corrected chi connectivity index (χ4v) is 2.90. The highest BCUT2D eigenvalue weighted by Gasteiger charge is 2.16. The minimum absolute atomic E-state index is 0.0645. The molecule has 19 heavy (non-hydrogen) atoms. The first kappa shape index (κ1) is 11.9. The van der Waals surface area contributed by atoms with Crippen LogP contribution in [-0.2, 0) is 11.2 Å². The van der Waals surface area contributed by atoms with Gasteiger partial charge in [0.2, 0.25) is 4.96 Å². The first-order valence-electron chi connectivity index (χ1n) is 5.77. The number of carbonyl (C=O) groups is 1. The maximum Gasteiger partial charge on any atom is 0.309 e. The number of benzene rings is 1. The molecule has 0 aliphatic rings. The van der Waals surface area contributed by atoms with Gasteiger partial charge in [0.25, 0.3) is 0 Å². The molecule has 1 N–H and O–H groups in total. The van der Waals surface area contributed by atoms with Crippen LogP contribution in [0.5, 0.6) is 0 Å². The summed E-state index contributed by atoms with van der Waals surface area (Å²) in [4.78, 5) is 16.0. The fourth-order valence-electron chi connectivity index (χ4n) is 1.93. The normalized spacial score (nSPS) is 11.0. The Hall–Kier alpha value is -2.21. The Labute approximate surface area is 113 Å². The maximum absolute atomic E-state index is 10.9. The molecule has 0 fully saturated rings. The quantitative estimate of drug-likeness (QED) is 0.795. The minimum atomic E-state index is -0.876. The molecule has 2 aromatic heterocycles. The van der Waals surface area contributed by atoms with E-state index < -0.39 is 5.97 Å². The molecule has 3 aromatic rings. The lowest BCUT2D eigenvalue weighted by molar-refractivity contribution is -0.136. The summed E-state index contributed by atoms with van der Waals surface area (Å²) < 4.78 is 1.64. The third kappa shape index (κ3) is 2.10. The molecule has 0 saturated heterocycles. The van der Waals surface area contributed by atoms with Gasteiger partial charge in [0.05, 0.1) is 17.8 Å². The second-order valence-corrected chi connectivity index (χ2v) is 5.14. The lowest BCUT2D eigenvalue weighted by Crippen LogP contribution is -2.05. The van der Waals surface area contributed by atoms with E-state index in [0.29, 0.717) is 5.69 Å². The topological polar surface area (TPSA) is 67.5 Å². The van der Waals surface area contributed by atoms with Crippen molar-refractivity contribution >= 4 is 22.3 Å². The Bertz CT molecular complexity index is 746.